The molecule has 0 bridgehead atoms. The molecule has 1 aliphatic heterocycles. The molecule has 0 saturated carbocycles. The highest BCUT2D eigenvalue weighted by molar-refractivity contribution is 6.33. The second-order valence-corrected chi connectivity index (χ2v) is 5.23. The van der Waals surface area contributed by atoms with Crippen molar-refractivity contribution in [2.45, 2.75) is 31.7 Å². The SMILES string of the molecule is O=C(c1cc(O)ccc1Cl)N1CCCC1CCCO. The molecule has 0 spiro atoms. The second-order valence-electron chi connectivity index (χ2n) is 4.82. The number of benzene rings is 1. The van der Waals surface area contributed by atoms with Crippen LogP contribution in [0.4, 0.5) is 0 Å². The zero-order valence-corrected chi connectivity index (χ0v) is 11.4. The summed E-state index contributed by atoms with van der Waals surface area (Å²) < 4.78 is 0. The molecule has 2 N–H and O–H groups in total. The fraction of sp³-hybridized carbons (Fsp3) is 0.500. The maximum atomic E-state index is 12.5. The summed E-state index contributed by atoms with van der Waals surface area (Å²) in [6.45, 7) is 0.853. The van der Waals surface area contributed by atoms with E-state index in [9.17, 15) is 9.90 Å². The smallest absolute Gasteiger partial charge is 0.255 e. The Morgan fingerprint density at radius 1 is 1.47 bits per heavy atom. The second kappa shape index (κ2) is 6.26. The van der Waals surface area contributed by atoms with E-state index in [0.717, 1.165) is 19.3 Å². The van der Waals surface area contributed by atoms with Gasteiger partial charge in [0.2, 0.25) is 0 Å². The molecule has 19 heavy (non-hydrogen) atoms. The number of aliphatic hydroxyl groups excluding tert-OH is 1. The number of phenolic OH excluding ortho intramolecular Hbond substituents is 1. The first-order chi connectivity index (χ1) is 9.13. The van der Waals surface area contributed by atoms with Crippen LogP contribution in [0.1, 0.15) is 36.0 Å². The maximum Gasteiger partial charge on any atom is 0.255 e. The van der Waals surface area contributed by atoms with Gasteiger partial charge in [0.25, 0.3) is 5.91 Å². The number of amides is 1. The number of aliphatic hydroxyl groups is 1. The van der Waals surface area contributed by atoms with Crippen LogP contribution in [-0.4, -0.2) is 40.2 Å². The summed E-state index contributed by atoms with van der Waals surface area (Å²) in [7, 11) is 0. The summed E-state index contributed by atoms with van der Waals surface area (Å²) in [5.74, 6) is -0.0970. The highest BCUT2D eigenvalue weighted by Crippen LogP contribution is 2.28. The molecule has 1 unspecified atom stereocenters. The van der Waals surface area contributed by atoms with E-state index in [2.05, 4.69) is 0 Å². The molecule has 1 fully saturated rings. The van der Waals surface area contributed by atoms with Gasteiger partial charge in [0.1, 0.15) is 5.75 Å². The molecule has 1 aromatic carbocycles. The van der Waals surface area contributed by atoms with Crippen molar-refractivity contribution in [1.29, 1.82) is 0 Å². The van der Waals surface area contributed by atoms with Crippen LogP contribution in [0, 0.1) is 0 Å². The Labute approximate surface area is 117 Å². The monoisotopic (exact) mass is 283 g/mol. The number of likely N-dealkylation sites (tertiary alicyclic amines) is 1. The molecular formula is C14H18ClNO3. The van der Waals surface area contributed by atoms with Crippen molar-refractivity contribution in [3.63, 3.8) is 0 Å². The van der Waals surface area contributed by atoms with Crippen LogP contribution < -0.4 is 0 Å². The fourth-order valence-corrected chi connectivity index (χ4v) is 2.76. The van der Waals surface area contributed by atoms with Gasteiger partial charge in [-0.3, -0.25) is 4.79 Å². The molecule has 104 valence electrons. The lowest BCUT2D eigenvalue weighted by Crippen LogP contribution is -2.35. The molecule has 1 saturated heterocycles. The average Bonchev–Trinajstić information content (AvgIpc) is 2.86. The number of rotatable bonds is 4. The van der Waals surface area contributed by atoms with E-state index in [1.165, 1.54) is 18.2 Å². The fourth-order valence-electron chi connectivity index (χ4n) is 2.56. The topological polar surface area (TPSA) is 60.8 Å². The molecular weight excluding hydrogens is 266 g/mol. The third kappa shape index (κ3) is 3.19. The van der Waals surface area contributed by atoms with Crippen molar-refractivity contribution >= 4 is 17.5 Å². The van der Waals surface area contributed by atoms with Crippen molar-refractivity contribution in [3.05, 3.63) is 28.8 Å². The Kier molecular flexibility index (Phi) is 4.66. The van der Waals surface area contributed by atoms with Gasteiger partial charge in [-0.15, -0.1) is 0 Å². The number of phenols is 1. The van der Waals surface area contributed by atoms with Crippen LogP contribution >= 0.6 is 11.6 Å². The predicted octanol–water partition coefficient (Wildman–Crippen LogP) is 2.42. The standard InChI is InChI=1S/C14H18ClNO3/c15-13-6-5-11(18)9-12(13)14(19)16-7-1-3-10(16)4-2-8-17/h5-6,9-10,17-18H,1-4,7-8H2. The van der Waals surface area contributed by atoms with Crippen molar-refractivity contribution in [1.82, 2.24) is 4.90 Å². The Hall–Kier alpha value is -1.26. The lowest BCUT2D eigenvalue weighted by Gasteiger charge is -2.25. The van der Waals surface area contributed by atoms with Gasteiger partial charge in [-0.1, -0.05) is 11.6 Å². The summed E-state index contributed by atoms with van der Waals surface area (Å²) in [5, 5.41) is 18.7. The van der Waals surface area contributed by atoms with Gasteiger partial charge in [0.05, 0.1) is 10.6 Å². The zero-order valence-electron chi connectivity index (χ0n) is 10.7. The van der Waals surface area contributed by atoms with Crippen molar-refractivity contribution in [2.24, 2.45) is 0 Å². The molecule has 2 rings (SSSR count). The zero-order chi connectivity index (χ0) is 13.8. The molecule has 1 aliphatic rings. The van der Waals surface area contributed by atoms with Crippen LogP contribution in [0.25, 0.3) is 0 Å². The van der Waals surface area contributed by atoms with Crippen LogP contribution in [-0.2, 0) is 0 Å². The first kappa shape index (κ1) is 14.2. The number of carbonyl (C=O) groups is 1. The molecule has 1 heterocycles. The van der Waals surface area contributed by atoms with Gasteiger partial charge in [0.15, 0.2) is 0 Å². The van der Waals surface area contributed by atoms with Gasteiger partial charge < -0.3 is 15.1 Å². The Bertz CT molecular complexity index is 464. The van der Waals surface area contributed by atoms with E-state index in [0.29, 0.717) is 23.6 Å². The molecule has 1 aromatic rings. The van der Waals surface area contributed by atoms with Crippen LogP contribution in [0.15, 0.2) is 18.2 Å². The lowest BCUT2D eigenvalue weighted by molar-refractivity contribution is 0.0724. The molecule has 1 amide bonds. The molecule has 0 aromatic heterocycles. The Balaban J connectivity index is 2.16. The third-order valence-corrected chi connectivity index (χ3v) is 3.84. The largest absolute Gasteiger partial charge is 0.508 e. The number of hydrogen-bond acceptors (Lipinski definition) is 3. The number of aromatic hydroxyl groups is 1. The van der Waals surface area contributed by atoms with E-state index in [-0.39, 0.29) is 24.3 Å². The molecule has 0 radical (unpaired) electrons. The first-order valence-electron chi connectivity index (χ1n) is 6.54. The number of halogens is 1. The van der Waals surface area contributed by atoms with Gasteiger partial charge in [-0.25, -0.2) is 0 Å². The molecule has 1 atom stereocenters. The van der Waals surface area contributed by atoms with Crippen molar-refractivity contribution < 1.29 is 15.0 Å². The van der Waals surface area contributed by atoms with Crippen LogP contribution in [0.3, 0.4) is 0 Å². The molecule has 4 nitrogen and oxygen atoms in total. The highest BCUT2D eigenvalue weighted by atomic mass is 35.5. The molecule has 5 heteroatoms. The van der Waals surface area contributed by atoms with Gasteiger partial charge >= 0.3 is 0 Å². The predicted molar refractivity (Wildman–Crippen MR) is 73.5 cm³/mol. The molecule has 0 aliphatic carbocycles. The number of nitrogens with zero attached hydrogens (tertiary/aromatic N) is 1. The minimum absolute atomic E-state index is 0.0406. The van der Waals surface area contributed by atoms with E-state index in [4.69, 9.17) is 16.7 Å². The lowest BCUT2D eigenvalue weighted by atomic mass is 10.1. The van der Waals surface area contributed by atoms with E-state index >= 15 is 0 Å². The van der Waals surface area contributed by atoms with E-state index in [1.54, 1.807) is 4.90 Å². The first-order valence-corrected chi connectivity index (χ1v) is 6.91. The Morgan fingerprint density at radius 3 is 3.00 bits per heavy atom. The summed E-state index contributed by atoms with van der Waals surface area (Å²) in [5.41, 5.74) is 0.345. The van der Waals surface area contributed by atoms with Gasteiger partial charge in [0, 0.05) is 19.2 Å². The van der Waals surface area contributed by atoms with E-state index in [1.807, 2.05) is 0 Å². The summed E-state index contributed by atoms with van der Waals surface area (Å²) >= 11 is 6.02. The quantitative estimate of drug-likeness (QED) is 0.892. The Morgan fingerprint density at radius 2 is 2.26 bits per heavy atom. The van der Waals surface area contributed by atoms with Crippen LogP contribution in [0.5, 0.6) is 5.75 Å². The van der Waals surface area contributed by atoms with Crippen LogP contribution in [0.2, 0.25) is 5.02 Å². The van der Waals surface area contributed by atoms with Gasteiger partial charge in [-0.05, 0) is 43.9 Å². The summed E-state index contributed by atoms with van der Waals surface area (Å²) in [4.78, 5) is 14.3. The highest BCUT2D eigenvalue weighted by Gasteiger charge is 2.29. The minimum atomic E-state index is -0.138. The van der Waals surface area contributed by atoms with Crippen molar-refractivity contribution in [2.75, 3.05) is 13.2 Å². The normalized spacial score (nSPS) is 18.8. The summed E-state index contributed by atoms with van der Waals surface area (Å²) in [6, 6.07) is 4.57. The van der Waals surface area contributed by atoms with Gasteiger partial charge in [-0.2, -0.15) is 0 Å². The maximum absolute atomic E-state index is 12.5. The van der Waals surface area contributed by atoms with Crippen molar-refractivity contribution in [3.8, 4) is 5.75 Å². The third-order valence-electron chi connectivity index (χ3n) is 3.51. The average molecular weight is 284 g/mol. The summed E-state index contributed by atoms with van der Waals surface area (Å²) in [6.07, 6.45) is 3.43. The van der Waals surface area contributed by atoms with E-state index < -0.39 is 0 Å². The number of hydrogen-bond donors (Lipinski definition) is 2. The minimum Gasteiger partial charge on any atom is -0.508 e. The number of carbonyl (C=O) groups excluding carboxylic acids is 1.